The van der Waals surface area contributed by atoms with Gasteiger partial charge in [-0.3, -0.25) is 0 Å². The van der Waals surface area contributed by atoms with E-state index in [-0.39, 0.29) is 11.0 Å². The number of amides is 1. The van der Waals surface area contributed by atoms with Crippen molar-refractivity contribution in [2.45, 2.75) is 37.6 Å². The summed E-state index contributed by atoms with van der Waals surface area (Å²) >= 11 is 0. The molecule has 0 atom stereocenters. The Hall–Kier alpha value is -1.24. The highest BCUT2D eigenvalue weighted by molar-refractivity contribution is 5.66. The first-order chi connectivity index (χ1) is 6.10. The van der Waals surface area contributed by atoms with Crippen LogP contribution in [0.25, 0.3) is 0 Å². The SMILES string of the molecule is N#CC12CCC(NC(=O)O)(CC1)C2. The van der Waals surface area contributed by atoms with Crippen molar-refractivity contribution in [3.63, 3.8) is 0 Å². The second-order valence-electron chi connectivity index (χ2n) is 4.28. The van der Waals surface area contributed by atoms with Crippen LogP contribution in [0.3, 0.4) is 0 Å². The van der Waals surface area contributed by atoms with Crippen molar-refractivity contribution < 1.29 is 9.90 Å². The molecule has 1 amide bonds. The minimum atomic E-state index is -0.962. The molecule has 2 aliphatic carbocycles. The molecule has 0 heterocycles. The molecule has 0 aromatic rings. The molecule has 2 aliphatic rings. The van der Waals surface area contributed by atoms with Gasteiger partial charge >= 0.3 is 6.09 Å². The van der Waals surface area contributed by atoms with Crippen LogP contribution in [0, 0.1) is 16.7 Å². The molecule has 4 nitrogen and oxygen atoms in total. The van der Waals surface area contributed by atoms with E-state index in [4.69, 9.17) is 10.4 Å². The summed E-state index contributed by atoms with van der Waals surface area (Å²) in [5.74, 6) is 0. The molecule has 0 saturated heterocycles. The number of rotatable bonds is 1. The summed E-state index contributed by atoms with van der Waals surface area (Å²) in [6, 6.07) is 2.33. The first-order valence-electron chi connectivity index (χ1n) is 4.52. The van der Waals surface area contributed by atoms with E-state index < -0.39 is 6.09 Å². The van der Waals surface area contributed by atoms with Crippen molar-refractivity contribution >= 4 is 6.09 Å². The molecule has 0 aromatic heterocycles. The van der Waals surface area contributed by atoms with Crippen molar-refractivity contribution in [3.05, 3.63) is 0 Å². The Labute approximate surface area is 76.5 Å². The molecule has 0 spiro atoms. The Morgan fingerprint density at radius 1 is 1.38 bits per heavy atom. The molecule has 0 aliphatic heterocycles. The summed E-state index contributed by atoms with van der Waals surface area (Å²) < 4.78 is 0. The van der Waals surface area contributed by atoms with Crippen molar-refractivity contribution in [2.75, 3.05) is 0 Å². The van der Waals surface area contributed by atoms with Crippen molar-refractivity contribution in [1.82, 2.24) is 5.32 Å². The fourth-order valence-corrected chi connectivity index (χ4v) is 2.76. The Bertz CT molecular complexity index is 284. The fourth-order valence-electron chi connectivity index (χ4n) is 2.76. The van der Waals surface area contributed by atoms with E-state index in [9.17, 15) is 4.79 Å². The van der Waals surface area contributed by atoms with Gasteiger partial charge in [0, 0.05) is 5.54 Å². The number of carbonyl (C=O) groups is 1. The number of hydrogen-bond donors (Lipinski definition) is 2. The second kappa shape index (κ2) is 2.38. The molecule has 13 heavy (non-hydrogen) atoms. The van der Waals surface area contributed by atoms with Crippen molar-refractivity contribution in [2.24, 2.45) is 5.41 Å². The molecule has 2 N–H and O–H groups in total. The molecule has 2 rings (SSSR count). The van der Waals surface area contributed by atoms with Gasteiger partial charge in [-0.05, 0) is 32.1 Å². The predicted octanol–water partition coefficient (Wildman–Crippen LogP) is 1.48. The smallest absolute Gasteiger partial charge is 0.405 e. The molecule has 4 heteroatoms. The third kappa shape index (κ3) is 1.15. The van der Waals surface area contributed by atoms with E-state index in [1.54, 1.807) is 0 Å². The van der Waals surface area contributed by atoms with E-state index in [1.807, 2.05) is 0 Å². The van der Waals surface area contributed by atoms with Crippen LogP contribution in [0.15, 0.2) is 0 Å². The van der Waals surface area contributed by atoms with Gasteiger partial charge in [-0.15, -0.1) is 0 Å². The molecule has 2 saturated carbocycles. The topological polar surface area (TPSA) is 73.1 Å². The zero-order chi connectivity index (χ0) is 9.53. The number of carboxylic acid groups (broad SMARTS) is 1. The Kier molecular flexibility index (Phi) is 1.53. The lowest BCUT2D eigenvalue weighted by Gasteiger charge is -2.25. The second-order valence-corrected chi connectivity index (χ2v) is 4.28. The molecular formula is C9H12N2O2. The maximum atomic E-state index is 10.5. The highest BCUT2D eigenvalue weighted by atomic mass is 16.4. The summed E-state index contributed by atoms with van der Waals surface area (Å²) in [5.41, 5.74) is -0.496. The van der Waals surface area contributed by atoms with Gasteiger partial charge in [-0.1, -0.05) is 0 Å². The van der Waals surface area contributed by atoms with Crippen molar-refractivity contribution in [3.8, 4) is 6.07 Å². The summed E-state index contributed by atoms with van der Waals surface area (Å²) in [5, 5.41) is 20.2. The van der Waals surface area contributed by atoms with Gasteiger partial charge in [-0.2, -0.15) is 5.26 Å². The van der Waals surface area contributed by atoms with E-state index in [1.165, 1.54) is 0 Å². The van der Waals surface area contributed by atoms with Crippen LogP contribution in [0.2, 0.25) is 0 Å². The lowest BCUT2D eigenvalue weighted by molar-refractivity contribution is 0.177. The van der Waals surface area contributed by atoms with Crippen LogP contribution in [-0.2, 0) is 0 Å². The molecule has 2 fully saturated rings. The number of fused-ring (bicyclic) bond motifs is 2. The van der Waals surface area contributed by atoms with E-state index >= 15 is 0 Å². The molecule has 70 valence electrons. The Morgan fingerprint density at radius 2 is 2.00 bits per heavy atom. The Morgan fingerprint density at radius 3 is 2.38 bits per heavy atom. The highest BCUT2D eigenvalue weighted by Crippen LogP contribution is 2.55. The average Bonchev–Trinajstić information content (AvgIpc) is 2.59. The highest BCUT2D eigenvalue weighted by Gasteiger charge is 2.55. The zero-order valence-electron chi connectivity index (χ0n) is 7.34. The first-order valence-corrected chi connectivity index (χ1v) is 4.52. The van der Waals surface area contributed by atoms with Crippen LogP contribution in [0.4, 0.5) is 4.79 Å². The van der Waals surface area contributed by atoms with E-state index in [0.29, 0.717) is 6.42 Å². The fraction of sp³-hybridized carbons (Fsp3) is 0.778. The number of nitrogens with one attached hydrogen (secondary N) is 1. The van der Waals surface area contributed by atoms with Crippen LogP contribution in [0.1, 0.15) is 32.1 Å². The lowest BCUT2D eigenvalue weighted by Crippen LogP contribution is -2.44. The molecule has 0 aromatic carbocycles. The molecular weight excluding hydrogens is 168 g/mol. The molecule has 0 radical (unpaired) electrons. The molecule has 2 bridgehead atoms. The van der Waals surface area contributed by atoms with Crippen molar-refractivity contribution in [1.29, 1.82) is 5.26 Å². The van der Waals surface area contributed by atoms with Gasteiger partial charge in [0.1, 0.15) is 0 Å². The monoisotopic (exact) mass is 180 g/mol. The van der Waals surface area contributed by atoms with Gasteiger partial charge in [-0.25, -0.2) is 4.79 Å². The summed E-state index contributed by atoms with van der Waals surface area (Å²) in [7, 11) is 0. The van der Waals surface area contributed by atoms with Crippen LogP contribution >= 0.6 is 0 Å². The van der Waals surface area contributed by atoms with Crippen LogP contribution in [-0.4, -0.2) is 16.7 Å². The zero-order valence-corrected chi connectivity index (χ0v) is 7.34. The normalized spacial score (nSPS) is 41.5. The maximum absolute atomic E-state index is 10.5. The maximum Gasteiger partial charge on any atom is 0.405 e. The summed E-state index contributed by atoms with van der Waals surface area (Å²) in [6.45, 7) is 0. The van der Waals surface area contributed by atoms with Crippen LogP contribution < -0.4 is 5.32 Å². The predicted molar refractivity (Wildman–Crippen MR) is 45.0 cm³/mol. The number of hydrogen-bond acceptors (Lipinski definition) is 2. The number of nitriles is 1. The standard InChI is InChI=1S/C9H12N2O2/c10-6-8-1-3-9(5-8,4-2-8)11-7(12)13/h11H,1-5H2,(H,12,13). The van der Waals surface area contributed by atoms with E-state index in [0.717, 1.165) is 25.7 Å². The Balaban J connectivity index is 2.15. The van der Waals surface area contributed by atoms with Crippen LogP contribution in [0.5, 0.6) is 0 Å². The summed E-state index contributed by atoms with van der Waals surface area (Å²) in [6.07, 6.45) is 3.10. The van der Waals surface area contributed by atoms with Gasteiger partial charge in [0.2, 0.25) is 0 Å². The lowest BCUT2D eigenvalue weighted by atomic mass is 9.86. The summed E-state index contributed by atoms with van der Waals surface area (Å²) in [4.78, 5) is 10.5. The average molecular weight is 180 g/mol. The largest absolute Gasteiger partial charge is 0.465 e. The van der Waals surface area contributed by atoms with Gasteiger partial charge in [0.15, 0.2) is 0 Å². The number of nitrogens with zero attached hydrogens (tertiary/aromatic N) is 1. The van der Waals surface area contributed by atoms with Gasteiger partial charge < -0.3 is 10.4 Å². The van der Waals surface area contributed by atoms with E-state index in [2.05, 4.69) is 11.4 Å². The third-order valence-electron chi connectivity index (χ3n) is 3.45. The minimum Gasteiger partial charge on any atom is -0.465 e. The third-order valence-corrected chi connectivity index (χ3v) is 3.45. The van der Waals surface area contributed by atoms with Gasteiger partial charge in [0.25, 0.3) is 0 Å². The first kappa shape index (κ1) is 8.36. The molecule has 0 unspecified atom stereocenters. The minimum absolute atomic E-state index is 0.220. The van der Waals surface area contributed by atoms with Gasteiger partial charge in [0.05, 0.1) is 11.5 Å². The quantitative estimate of drug-likeness (QED) is 0.641.